The number of carbonyl (C=O) groups excluding carboxylic acids is 1. The standard InChI is InChI=1S/C23H17N3O3/c27-18-11-16(12-18)4-2-1-3-15-5-7-17(8-6-15)22-13-19(23(28)26-29)20-14-24-10-9-21(20)25-22/h5-10,13-14,16,18,27,29H,11-12H2,(H,26,28). The monoisotopic (exact) mass is 383 g/mol. The van der Waals surface area contributed by atoms with E-state index in [-0.39, 0.29) is 12.0 Å². The molecule has 1 fully saturated rings. The molecule has 1 aromatic carbocycles. The second-order valence-corrected chi connectivity index (χ2v) is 6.81. The topological polar surface area (TPSA) is 95.3 Å². The summed E-state index contributed by atoms with van der Waals surface area (Å²) in [5, 5.41) is 18.8. The number of aliphatic hydroxyl groups is 1. The third-order valence-corrected chi connectivity index (χ3v) is 4.80. The number of benzene rings is 1. The minimum atomic E-state index is -0.619. The van der Waals surface area contributed by atoms with E-state index in [1.807, 2.05) is 24.3 Å². The molecule has 3 N–H and O–H groups in total. The van der Waals surface area contributed by atoms with Gasteiger partial charge in [0.15, 0.2) is 0 Å². The fourth-order valence-corrected chi connectivity index (χ4v) is 3.14. The number of hydroxylamine groups is 1. The van der Waals surface area contributed by atoms with Crippen LogP contribution in [0, 0.1) is 29.6 Å². The number of fused-ring (bicyclic) bond motifs is 1. The largest absolute Gasteiger partial charge is 0.393 e. The van der Waals surface area contributed by atoms with Crippen molar-refractivity contribution in [1.82, 2.24) is 15.4 Å². The van der Waals surface area contributed by atoms with Gasteiger partial charge in [0, 0.05) is 34.8 Å². The molecule has 0 radical (unpaired) electrons. The summed E-state index contributed by atoms with van der Waals surface area (Å²) in [6.07, 6.45) is 4.40. The lowest BCUT2D eigenvalue weighted by Crippen LogP contribution is -2.26. The number of rotatable bonds is 2. The van der Waals surface area contributed by atoms with Gasteiger partial charge >= 0.3 is 0 Å². The lowest BCUT2D eigenvalue weighted by Gasteiger charge is -2.26. The fourth-order valence-electron chi connectivity index (χ4n) is 3.14. The van der Waals surface area contributed by atoms with Crippen LogP contribution >= 0.6 is 0 Å². The van der Waals surface area contributed by atoms with Crippen molar-refractivity contribution < 1.29 is 15.1 Å². The predicted molar refractivity (Wildman–Crippen MR) is 108 cm³/mol. The summed E-state index contributed by atoms with van der Waals surface area (Å²) in [5.74, 6) is 11.3. The molecule has 0 aliphatic heterocycles. The summed E-state index contributed by atoms with van der Waals surface area (Å²) in [6.45, 7) is 0. The molecule has 0 atom stereocenters. The molecule has 2 heterocycles. The number of aromatic nitrogens is 2. The van der Waals surface area contributed by atoms with E-state index in [1.54, 1.807) is 30.0 Å². The maximum Gasteiger partial charge on any atom is 0.275 e. The lowest BCUT2D eigenvalue weighted by atomic mass is 9.83. The van der Waals surface area contributed by atoms with Crippen molar-refractivity contribution in [3.05, 3.63) is 59.9 Å². The van der Waals surface area contributed by atoms with Crippen molar-refractivity contribution >= 4 is 16.8 Å². The first-order valence-electron chi connectivity index (χ1n) is 9.13. The Labute approximate surface area is 167 Å². The number of aliphatic hydroxyl groups excluding tert-OH is 1. The van der Waals surface area contributed by atoms with Crippen LogP contribution in [0.4, 0.5) is 0 Å². The van der Waals surface area contributed by atoms with Crippen LogP contribution in [0.15, 0.2) is 48.8 Å². The molecule has 2 aromatic heterocycles. The van der Waals surface area contributed by atoms with Gasteiger partial charge in [-0.1, -0.05) is 24.0 Å². The van der Waals surface area contributed by atoms with Gasteiger partial charge in [0.1, 0.15) is 0 Å². The van der Waals surface area contributed by atoms with Crippen LogP contribution in [0.25, 0.3) is 22.2 Å². The third kappa shape index (κ3) is 4.09. The maximum atomic E-state index is 12.0. The minimum Gasteiger partial charge on any atom is -0.393 e. The number of amides is 1. The van der Waals surface area contributed by atoms with E-state index in [9.17, 15) is 9.90 Å². The Hall–Kier alpha value is -3.71. The summed E-state index contributed by atoms with van der Waals surface area (Å²) < 4.78 is 0. The van der Waals surface area contributed by atoms with Gasteiger partial charge in [-0.15, -0.1) is 0 Å². The Balaban J connectivity index is 1.59. The van der Waals surface area contributed by atoms with Gasteiger partial charge in [-0.25, -0.2) is 10.5 Å². The molecule has 1 aliphatic carbocycles. The Kier molecular flexibility index (Phi) is 5.22. The summed E-state index contributed by atoms with van der Waals surface area (Å²) in [6, 6.07) is 10.8. The van der Waals surface area contributed by atoms with Crippen molar-refractivity contribution in [3.8, 4) is 34.9 Å². The number of hydrogen-bond acceptors (Lipinski definition) is 5. The molecule has 0 saturated heterocycles. The van der Waals surface area contributed by atoms with E-state index in [0.29, 0.717) is 22.2 Å². The Morgan fingerprint density at radius 1 is 1.14 bits per heavy atom. The van der Waals surface area contributed by atoms with E-state index in [1.165, 1.54) is 0 Å². The molecule has 0 unspecified atom stereocenters. The smallest absolute Gasteiger partial charge is 0.275 e. The summed E-state index contributed by atoms with van der Waals surface area (Å²) in [7, 11) is 0. The molecule has 1 amide bonds. The Bertz CT molecular complexity index is 1190. The van der Waals surface area contributed by atoms with Gasteiger partial charge in [-0.05, 0) is 48.9 Å². The van der Waals surface area contributed by atoms with Crippen molar-refractivity contribution in [2.75, 3.05) is 0 Å². The van der Waals surface area contributed by atoms with Crippen molar-refractivity contribution in [1.29, 1.82) is 0 Å². The highest BCUT2D eigenvalue weighted by Gasteiger charge is 2.24. The molecule has 1 aliphatic rings. The van der Waals surface area contributed by atoms with Crippen LogP contribution < -0.4 is 5.48 Å². The van der Waals surface area contributed by atoms with E-state index in [4.69, 9.17) is 5.21 Å². The summed E-state index contributed by atoms with van der Waals surface area (Å²) in [4.78, 5) is 20.7. The first kappa shape index (κ1) is 18.6. The first-order valence-corrected chi connectivity index (χ1v) is 9.13. The molecule has 29 heavy (non-hydrogen) atoms. The normalized spacial score (nSPS) is 17.3. The van der Waals surface area contributed by atoms with Gasteiger partial charge < -0.3 is 5.11 Å². The van der Waals surface area contributed by atoms with Crippen LogP contribution in [0.3, 0.4) is 0 Å². The zero-order valence-electron chi connectivity index (χ0n) is 15.4. The Morgan fingerprint density at radius 3 is 2.66 bits per heavy atom. The maximum absolute atomic E-state index is 12.0. The molecule has 1 saturated carbocycles. The minimum absolute atomic E-state index is 0.209. The molecule has 142 valence electrons. The summed E-state index contributed by atoms with van der Waals surface area (Å²) >= 11 is 0. The lowest BCUT2D eigenvalue weighted by molar-refractivity contribution is 0.0665. The highest BCUT2D eigenvalue weighted by Crippen LogP contribution is 2.26. The van der Waals surface area contributed by atoms with E-state index in [0.717, 1.165) is 24.0 Å². The second kappa shape index (κ2) is 8.12. The highest BCUT2D eigenvalue weighted by atomic mass is 16.5. The van der Waals surface area contributed by atoms with Crippen molar-refractivity contribution in [2.24, 2.45) is 5.92 Å². The van der Waals surface area contributed by atoms with Crippen LogP contribution in [0.2, 0.25) is 0 Å². The number of pyridine rings is 2. The van der Waals surface area contributed by atoms with E-state index < -0.39 is 5.91 Å². The summed E-state index contributed by atoms with van der Waals surface area (Å²) in [5.41, 5.74) is 4.80. The molecule has 6 heteroatoms. The average Bonchev–Trinajstić information content (AvgIpc) is 2.74. The SMILES string of the molecule is O=C(NO)c1cc(-c2ccc(C#CC#CC3CC(O)C3)cc2)nc2ccncc12. The van der Waals surface area contributed by atoms with Gasteiger partial charge in [0.05, 0.1) is 22.9 Å². The number of nitrogens with one attached hydrogen (secondary N) is 1. The third-order valence-electron chi connectivity index (χ3n) is 4.80. The zero-order chi connectivity index (χ0) is 20.2. The highest BCUT2D eigenvalue weighted by molar-refractivity contribution is 6.06. The number of nitrogens with zero attached hydrogens (tertiary/aromatic N) is 2. The fraction of sp³-hybridized carbons (Fsp3) is 0.174. The van der Waals surface area contributed by atoms with Crippen LogP contribution in [0.1, 0.15) is 28.8 Å². The van der Waals surface area contributed by atoms with Crippen LogP contribution in [-0.2, 0) is 0 Å². The van der Waals surface area contributed by atoms with Crippen LogP contribution in [-0.4, -0.2) is 32.3 Å². The van der Waals surface area contributed by atoms with Gasteiger partial charge in [-0.3, -0.25) is 15.0 Å². The second-order valence-electron chi connectivity index (χ2n) is 6.81. The van der Waals surface area contributed by atoms with Gasteiger partial charge in [0.2, 0.25) is 0 Å². The Morgan fingerprint density at radius 2 is 1.93 bits per heavy atom. The van der Waals surface area contributed by atoms with Crippen LogP contribution in [0.5, 0.6) is 0 Å². The molecular formula is C23H17N3O3. The number of hydrogen-bond donors (Lipinski definition) is 3. The molecule has 0 spiro atoms. The molecule has 3 aromatic rings. The molecular weight excluding hydrogens is 366 g/mol. The quantitative estimate of drug-likeness (QED) is 0.359. The first-order chi connectivity index (χ1) is 14.1. The van der Waals surface area contributed by atoms with E-state index in [2.05, 4.69) is 33.6 Å². The average molecular weight is 383 g/mol. The molecule has 6 nitrogen and oxygen atoms in total. The van der Waals surface area contributed by atoms with E-state index >= 15 is 0 Å². The number of carbonyl (C=O) groups is 1. The molecule has 0 bridgehead atoms. The molecule has 4 rings (SSSR count). The zero-order valence-corrected chi connectivity index (χ0v) is 15.4. The van der Waals surface area contributed by atoms with Crippen molar-refractivity contribution in [2.45, 2.75) is 18.9 Å². The van der Waals surface area contributed by atoms with Gasteiger partial charge in [0.25, 0.3) is 5.91 Å². The van der Waals surface area contributed by atoms with Gasteiger partial charge in [-0.2, -0.15) is 0 Å². The predicted octanol–water partition coefficient (Wildman–Crippen LogP) is 2.54. The van der Waals surface area contributed by atoms with Crippen molar-refractivity contribution in [3.63, 3.8) is 0 Å².